The maximum absolute atomic E-state index is 11.4. The van der Waals surface area contributed by atoms with Gasteiger partial charge in [-0.05, 0) is 13.8 Å². The third-order valence-electron chi connectivity index (χ3n) is 2.18. The molecule has 0 spiro atoms. The fourth-order valence-corrected chi connectivity index (χ4v) is 2.30. The highest BCUT2D eigenvalue weighted by Gasteiger charge is 2.41. The number of imide groups is 1. The standard InChI is InChI=1S/C10H17N3O2S/c1-7(2)11-4-5-16-6-10(3)8(14)12-9(15)13-10/h11H,1,4-6H2,2-3H3,(H2,12,13,14,15). The first-order valence-corrected chi connectivity index (χ1v) is 6.20. The monoisotopic (exact) mass is 243 g/mol. The van der Waals surface area contributed by atoms with Crippen LogP contribution in [0.1, 0.15) is 13.8 Å². The van der Waals surface area contributed by atoms with Gasteiger partial charge in [0.15, 0.2) is 0 Å². The molecule has 16 heavy (non-hydrogen) atoms. The molecule has 1 unspecified atom stereocenters. The first kappa shape index (κ1) is 12.9. The van der Waals surface area contributed by atoms with Gasteiger partial charge in [-0.1, -0.05) is 6.58 Å². The lowest BCUT2D eigenvalue weighted by molar-refractivity contribution is -0.122. The second-order valence-corrected chi connectivity index (χ2v) is 5.11. The molecular weight excluding hydrogens is 226 g/mol. The van der Waals surface area contributed by atoms with Gasteiger partial charge in [0.25, 0.3) is 5.91 Å². The summed E-state index contributed by atoms with van der Waals surface area (Å²) < 4.78 is 0. The van der Waals surface area contributed by atoms with E-state index in [0.29, 0.717) is 5.75 Å². The Morgan fingerprint density at radius 2 is 2.25 bits per heavy atom. The van der Waals surface area contributed by atoms with Crippen molar-refractivity contribution in [2.45, 2.75) is 19.4 Å². The van der Waals surface area contributed by atoms with Crippen LogP contribution in [0.2, 0.25) is 0 Å². The highest BCUT2D eigenvalue weighted by Crippen LogP contribution is 2.16. The molecule has 0 aliphatic carbocycles. The lowest BCUT2D eigenvalue weighted by Crippen LogP contribution is -2.46. The summed E-state index contributed by atoms with van der Waals surface area (Å²) in [6.07, 6.45) is 0. The van der Waals surface area contributed by atoms with Gasteiger partial charge in [0.1, 0.15) is 5.54 Å². The minimum atomic E-state index is -0.773. The first-order valence-electron chi connectivity index (χ1n) is 5.05. The van der Waals surface area contributed by atoms with Crippen LogP contribution in [0.3, 0.4) is 0 Å². The van der Waals surface area contributed by atoms with Gasteiger partial charge < -0.3 is 10.6 Å². The van der Waals surface area contributed by atoms with Gasteiger partial charge in [0.05, 0.1) is 0 Å². The topological polar surface area (TPSA) is 70.2 Å². The van der Waals surface area contributed by atoms with Crippen molar-refractivity contribution in [3.63, 3.8) is 0 Å². The van der Waals surface area contributed by atoms with Crippen LogP contribution >= 0.6 is 11.8 Å². The number of carbonyl (C=O) groups excluding carboxylic acids is 2. The number of nitrogens with one attached hydrogen (secondary N) is 3. The van der Waals surface area contributed by atoms with E-state index in [4.69, 9.17) is 0 Å². The molecule has 1 saturated heterocycles. The Morgan fingerprint density at radius 3 is 2.75 bits per heavy atom. The summed E-state index contributed by atoms with van der Waals surface area (Å²) in [5, 5.41) is 7.96. The van der Waals surface area contributed by atoms with Gasteiger partial charge in [0, 0.05) is 23.7 Å². The molecule has 3 N–H and O–H groups in total. The maximum Gasteiger partial charge on any atom is 0.322 e. The van der Waals surface area contributed by atoms with E-state index in [1.54, 1.807) is 18.7 Å². The third kappa shape index (κ3) is 3.44. The summed E-state index contributed by atoms with van der Waals surface area (Å²) >= 11 is 1.62. The molecule has 1 atom stereocenters. The molecule has 1 aliphatic rings. The Morgan fingerprint density at radius 1 is 1.56 bits per heavy atom. The zero-order valence-electron chi connectivity index (χ0n) is 9.55. The molecule has 0 bridgehead atoms. The van der Waals surface area contributed by atoms with Crippen molar-refractivity contribution in [1.82, 2.24) is 16.0 Å². The van der Waals surface area contributed by atoms with Crippen LogP contribution in [0.4, 0.5) is 4.79 Å². The van der Waals surface area contributed by atoms with E-state index in [9.17, 15) is 9.59 Å². The average Bonchev–Trinajstić information content (AvgIpc) is 2.39. The molecule has 1 heterocycles. The molecule has 0 aromatic rings. The molecule has 0 aromatic carbocycles. The van der Waals surface area contributed by atoms with E-state index in [1.165, 1.54) is 0 Å². The molecule has 0 aromatic heterocycles. The van der Waals surface area contributed by atoms with E-state index in [0.717, 1.165) is 18.0 Å². The minimum absolute atomic E-state index is 0.252. The molecule has 0 radical (unpaired) electrons. The van der Waals surface area contributed by atoms with Crippen molar-refractivity contribution in [1.29, 1.82) is 0 Å². The number of carbonyl (C=O) groups is 2. The van der Waals surface area contributed by atoms with Gasteiger partial charge in [0.2, 0.25) is 0 Å². The van der Waals surface area contributed by atoms with Crippen LogP contribution in [0.25, 0.3) is 0 Å². The summed E-state index contributed by atoms with van der Waals surface area (Å²) in [5.74, 6) is 1.19. The maximum atomic E-state index is 11.4. The molecule has 0 saturated carbocycles. The van der Waals surface area contributed by atoms with Crippen LogP contribution in [0.15, 0.2) is 12.3 Å². The summed E-state index contributed by atoms with van der Waals surface area (Å²) in [5.41, 5.74) is 0.157. The average molecular weight is 243 g/mol. The Kier molecular flexibility index (Phi) is 4.23. The van der Waals surface area contributed by atoms with Crippen molar-refractivity contribution >= 4 is 23.7 Å². The molecule has 6 heteroatoms. The third-order valence-corrected chi connectivity index (χ3v) is 3.46. The second kappa shape index (κ2) is 5.25. The quantitative estimate of drug-likeness (QED) is 0.468. The molecule has 5 nitrogen and oxygen atoms in total. The molecule has 1 fully saturated rings. The van der Waals surface area contributed by atoms with Gasteiger partial charge in [-0.2, -0.15) is 11.8 Å². The predicted octanol–water partition coefficient (Wildman–Crippen LogP) is 0.441. The van der Waals surface area contributed by atoms with E-state index < -0.39 is 11.6 Å². The van der Waals surface area contributed by atoms with Gasteiger partial charge >= 0.3 is 6.03 Å². The van der Waals surface area contributed by atoms with Crippen molar-refractivity contribution in [3.8, 4) is 0 Å². The highest BCUT2D eigenvalue weighted by molar-refractivity contribution is 7.99. The van der Waals surface area contributed by atoms with E-state index in [-0.39, 0.29) is 5.91 Å². The normalized spacial score (nSPS) is 23.9. The van der Waals surface area contributed by atoms with E-state index in [1.807, 2.05) is 6.92 Å². The fourth-order valence-electron chi connectivity index (χ4n) is 1.29. The van der Waals surface area contributed by atoms with Crippen molar-refractivity contribution in [2.24, 2.45) is 0 Å². The Balaban J connectivity index is 2.24. The number of urea groups is 1. The highest BCUT2D eigenvalue weighted by atomic mass is 32.2. The summed E-state index contributed by atoms with van der Waals surface area (Å²) in [6, 6.07) is -0.409. The smallest absolute Gasteiger partial charge is 0.322 e. The number of allylic oxidation sites excluding steroid dienone is 1. The van der Waals surface area contributed by atoms with Crippen LogP contribution in [0.5, 0.6) is 0 Å². The van der Waals surface area contributed by atoms with Crippen LogP contribution < -0.4 is 16.0 Å². The fraction of sp³-hybridized carbons (Fsp3) is 0.600. The number of rotatable bonds is 6. The van der Waals surface area contributed by atoms with Gasteiger partial charge in [-0.15, -0.1) is 0 Å². The SMILES string of the molecule is C=C(C)NCCSCC1(C)NC(=O)NC1=O. The Bertz CT molecular complexity index is 319. The van der Waals surface area contributed by atoms with Crippen LogP contribution in [0, 0.1) is 0 Å². The summed E-state index contributed by atoms with van der Waals surface area (Å²) in [7, 11) is 0. The van der Waals surface area contributed by atoms with Crippen molar-refractivity contribution in [3.05, 3.63) is 12.3 Å². The van der Waals surface area contributed by atoms with E-state index >= 15 is 0 Å². The largest absolute Gasteiger partial charge is 0.388 e. The number of thioether (sulfide) groups is 1. The molecule has 3 amide bonds. The van der Waals surface area contributed by atoms with Gasteiger partial charge in [-0.25, -0.2) is 4.79 Å². The van der Waals surface area contributed by atoms with E-state index in [2.05, 4.69) is 22.5 Å². The second-order valence-electron chi connectivity index (χ2n) is 4.00. The lowest BCUT2D eigenvalue weighted by Gasteiger charge is -2.19. The Hall–Kier alpha value is -1.17. The predicted molar refractivity (Wildman–Crippen MR) is 65.2 cm³/mol. The van der Waals surface area contributed by atoms with Crippen LogP contribution in [-0.2, 0) is 4.79 Å². The minimum Gasteiger partial charge on any atom is -0.388 e. The molecular formula is C10H17N3O2S. The molecule has 90 valence electrons. The zero-order valence-corrected chi connectivity index (χ0v) is 10.4. The summed E-state index contributed by atoms with van der Waals surface area (Å²) in [6.45, 7) is 8.16. The van der Waals surface area contributed by atoms with Crippen molar-refractivity contribution < 1.29 is 9.59 Å². The lowest BCUT2D eigenvalue weighted by atomic mass is 10.1. The Labute approximate surface area is 99.4 Å². The van der Waals surface area contributed by atoms with Gasteiger partial charge in [-0.3, -0.25) is 10.1 Å². The summed E-state index contributed by atoms with van der Waals surface area (Å²) in [4.78, 5) is 22.4. The zero-order chi connectivity index (χ0) is 12.2. The van der Waals surface area contributed by atoms with Crippen LogP contribution in [-0.4, -0.2) is 35.5 Å². The number of hydrogen-bond acceptors (Lipinski definition) is 4. The number of amides is 3. The molecule has 1 aliphatic heterocycles. The first-order chi connectivity index (χ1) is 7.44. The number of hydrogen-bond donors (Lipinski definition) is 3. The van der Waals surface area contributed by atoms with Crippen molar-refractivity contribution in [2.75, 3.05) is 18.1 Å². The molecule has 1 rings (SSSR count).